The smallest absolute Gasteiger partial charge is 0.238 e. The molecule has 16 aromatic carbocycles. The lowest BCUT2D eigenvalue weighted by molar-refractivity contribution is 0.651. The summed E-state index contributed by atoms with van der Waals surface area (Å²) in [5.41, 5.74) is 17.5. The zero-order valence-electron chi connectivity index (χ0n) is 53.5. The SMILES string of the molecule is c1ccc(-c2ccc3oc4nc(-n5c6ccc7ccccc7c6c6c7ccccc7ccc65)nc(-c5ccc6c(-c7ccc(-c8ccc9oc%10c(-c%11ccc%12ccccc%12c%11)nc(-n%11c%12ccc%13ccccc%13c%12c%12c%13ccccc%13ccc%12%11)nc%10c9c8)cc7)cccc6c5)c4c3c2)cc1. The summed E-state index contributed by atoms with van der Waals surface area (Å²) in [7, 11) is 0. The van der Waals surface area contributed by atoms with Gasteiger partial charge in [0.15, 0.2) is 5.58 Å². The van der Waals surface area contributed by atoms with Crippen molar-refractivity contribution in [3.05, 3.63) is 315 Å². The maximum atomic E-state index is 6.95. The summed E-state index contributed by atoms with van der Waals surface area (Å²) in [4.78, 5) is 22.3. The number of hydrogen-bond donors (Lipinski definition) is 0. The van der Waals surface area contributed by atoms with E-state index < -0.39 is 0 Å². The third-order valence-corrected chi connectivity index (χ3v) is 20.9. The maximum absolute atomic E-state index is 6.95. The molecule has 0 atom stereocenters. The summed E-state index contributed by atoms with van der Waals surface area (Å²) in [5, 5.41) is 21.4. The zero-order valence-corrected chi connectivity index (χ0v) is 53.5. The molecule has 100 heavy (non-hydrogen) atoms. The largest absolute Gasteiger partial charge is 0.452 e. The lowest BCUT2D eigenvalue weighted by Gasteiger charge is -2.12. The Morgan fingerprint density at radius 2 is 0.660 bits per heavy atom. The summed E-state index contributed by atoms with van der Waals surface area (Å²) < 4.78 is 18.3. The summed E-state index contributed by atoms with van der Waals surface area (Å²) in [5.74, 6) is 1.11. The Balaban J connectivity index is 0.684. The monoisotopic (exact) mass is 1270 g/mol. The summed E-state index contributed by atoms with van der Waals surface area (Å²) in [6.07, 6.45) is 0. The number of nitrogens with zero attached hydrogens (tertiary/aromatic N) is 6. The van der Waals surface area contributed by atoms with Crippen molar-refractivity contribution in [2.24, 2.45) is 0 Å². The van der Waals surface area contributed by atoms with E-state index in [9.17, 15) is 0 Å². The van der Waals surface area contributed by atoms with Crippen molar-refractivity contribution in [3.63, 3.8) is 0 Å². The van der Waals surface area contributed by atoms with Crippen LogP contribution in [0.25, 0.3) is 220 Å². The van der Waals surface area contributed by atoms with Gasteiger partial charge in [0, 0.05) is 43.4 Å². The molecule has 0 spiro atoms. The molecule has 6 aromatic heterocycles. The molecule has 8 heteroatoms. The third kappa shape index (κ3) is 8.10. The first-order chi connectivity index (χ1) is 49.5. The van der Waals surface area contributed by atoms with E-state index in [1.807, 2.05) is 0 Å². The van der Waals surface area contributed by atoms with Crippen LogP contribution in [-0.4, -0.2) is 29.1 Å². The van der Waals surface area contributed by atoms with Gasteiger partial charge < -0.3 is 8.83 Å². The van der Waals surface area contributed by atoms with E-state index >= 15 is 0 Å². The minimum absolute atomic E-state index is 0.525. The Labute approximate surface area is 570 Å². The molecule has 0 aliphatic carbocycles. The van der Waals surface area contributed by atoms with Crippen LogP contribution >= 0.6 is 0 Å². The van der Waals surface area contributed by atoms with Crippen LogP contribution in [0.5, 0.6) is 0 Å². The van der Waals surface area contributed by atoms with E-state index in [0.29, 0.717) is 23.2 Å². The fraction of sp³-hybridized carbons (Fsp3) is 0. The molecule has 0 radical (unpaired) electrons. The minimum atomic E-state index is 0.525. The number of rotatable bonds is 7. The summed E-state index contributed by atoms with van der Waals surface area (Å²) in [6, 6.07) is 113. The lowest BCUT2D eigenvalue weighted by atomic mass is 9.94. The van der Waals surface area contributed by atoms with Crippen molar-refractivity contribution in [1.82, 2.24) is 29.1 Å². The Morgan fingerprint density at radius 1 is 0.230 bits per heavy atom. The van der Waals surface area contributed by atoms with Gasteiger partial charge in [-0.05, 0) is 159 Å². The van der Waals surface area contributed by atoms with Crippen molar-refractivity contribution in [1.29, 1.82) is 0 Å². The molecule has 0 saturated heterocycles. The third-order valence-electron chi connectivity index (χ3n) is 20.9. The van der Waals surface area contributed by atoms with E-state index in [2.05, 4.69) is 325 Å². The fourth-order valence-electron chi connectivity index (χ4n) is 16.3. The highest BCUT2D eigenvalue weighted by Gasteiger charge is 2.27. The van der Waals surface area contributed by atoms with Gasteiger partial charge in [-0.2, -0.15) is 4.98 Å². The molecule has 462 valence electrons. The molecule has 0 unspecified atom stereocenters. The zero-order chi connectivity index (χ0) is 65.3. The Bertz CT molecular complexity index is 7100. The quantitative estimate of drug-likeness (QED) is 0.158. The second-order valence-corrected chi connectivity index (χ2v) is 26.4. The van der Waals surface area contributed by atoms with Crippen LogP contribution in [0.3, 0.4) is 0 Å². The van der Waals surface area contributed by atoms with Gasteiger partial charge in [-0.25, -0.2) is 15.0 Å². The molecule has 0 bridgehead atoms. The van der Waals surface area contributed by atoms with Crippen LogP contribution in [0.15, 0.2) is 324 Å². The van der Waals surface area contributed by atoms with E-state index in [0.717, 1.165) is 132 Å². The molecule has 0 amide bonds. The molecular weight excluding hydrogens is 1220 g/mol. The number of benzene rings is 16. The van der Waals surface area contributed by atoms with Gasteiger partial charge in [-0.15, -0.1) is 0 Å². The van der Waals surface area contributed by atoms with Crippen molar-refractivity contribution < 1.29 is 8.83 Å². The summed E-state index contributed by atoms with van der Waals surface area (Å²) >= 11 is 0. The second kappa shape index (κ2) is 21.0. The van der Waals surface area contributed by atoms with Gasteiger partial charge in [0.2, 0.25) is 17.6 Å². The van der Waals surface area contributed by atoms with E-state index in [4.69, 9.17) is 28.8 Å². The van der Waals surface area contributed by atoms with Crippen LogP contribution in [0.4, 0.5) is 0 Å². The fourth-order valence-corrected chi connectivity index (χ4v) is 16.3. The van der Waals surface area contributed by atoms with Crippen molar-refractivity contribution in [2.45, 2.75) is 0 Å². The highest BCUT2D eigenvalue weighted by Crippen LogP contribution is 2.47. The average Bonchev–Trinajstić information content (AvgIpc) is 1.56. The standard InChI is InChI=1S/C92H52N6O2/c1-2-15-53(16-3-1)62-40-47-79-73(51-62)85-86(93-92(96-90(85)100-79)98-77-45-38-58-20-8-12-26-71(58)83(77)84-72-27-13-9-21-59(72)39-46-78(84)98)65-35-42-68-64(50-65)23-14-28-67(68)60-32-29-55(30-33-60)63-41-48-80-74(52-63)88-89(99-80)87(66-34-31-54-17-4-5-22-61(54)49-66)94-91(95-88)97-75-43-36-56-18-6-10-24-69(56)81(75)82-70-25-11-7-19-57(70)37-44-76(82)97/h1-52H. The number of furan rings is 2. The van der Waals surface area contributed by atoms with Crippen LogP contribution < -0.4 is 0 Å². The summed E-state index contributed by atoms with van der Waals surface area (Å²) in [6.45, 7) is 0. The van der Waals surface area contributed by atoms with E-state index in [1.165, 1.54) is 64.6 Å². The molecule has 22 aromatic rings. The second-order valence-electron chi connectivity index (χ2n) is 26.4. The minimum Gasteiger partial charge on any atom is -0.452 e. The van der Waals surface area contributed by atoms with Crippen LogP contribution in [0.1, 0.15) is 0 Å². The maximum Gasteiger partial charge on any atom is 0.238 e. The Kier molecular flexibility index (Phi) is 11.5. The van der Waals surface area contributed by atoms with Crippen LogP contribution in [-0.2, 0) is 0 Å². The lowest BCUT2D eigenvalue weighted by Crippen LogP contribution is -2.03. The molecule has 0 aliphatic rings. The Morgan fingerprint density at radius 3 is 1.26 bits per heavy atom. The molecule has 0 N–H and O–H groups in total. The Hall–Kier alpha value is -13.6. The van der Waals surface area contributed by atoms with Gasteiger partial charge in [0.25, 0.3) is 0 Å². The van der Waals surface area contributed by atoms with E-state index in [1.54, 1.807) is 0 Å². The van der Waals surface area contributed by atoms with Gasteiger partial charge >= 0.3 is 0 Å². The average molecular weight is 1270 g/mol. The van der Waals surface area contributed by atoms with Gasteiger partial charge in [-0.1, -0.05) is 255 Å². The normalized spacial score (nSPS) is 12.2. The molecule has 6 heterocycles. The highest BCUT2D eigenvalue weighted by molar-refractivity contribution is 6.30. The first-order valence-electron chi connectivity index (χ1n) is 33.9. The van der Waals surface area contributed by atoms with Gasteiger partial charge in [0.1, 0.15) is 22.4 Å². The molecule has 8 nitrogen and oxygen atoms in total. The molecule has 0 aliphatic heterocycles. The van der Waals surface area contributed by atoms with E-state index in [-0.39, 0.29) is 0 Å². The van der Waals surface area contributed by atoms with Crippen LogP contribution in [0.2, 0.25) is 0 Å². The first kappa shape index (κ1) is 54.7. The first-order valence-corrected chi connectivity index (χ1v) is 33.9. The highest BCUT2D eigenvalue weighted by atomic mass is 16.3. The number of fused-ring (bicyclic) bond motifs is 22. The van der Waals surface area contributed by atoms with Gasteiger partial charge in [-0.3, -0.25) is 9.13 Å². The number of hydrogen-bond acceptors (Lipinski definition) is 6. The molecule has 0 saturated carbocycles. The van der Waals surface area contributed by atoms with Crippen molar-refractivity contribution >= 4 is 152 Å². The predicted octanol–water partition coefficient (Wildman–Crippen LogP) is 24.5. The van der Waals surface area contributed by atoms with Crippen LogP contribution in [0, 0.1) is 0 Å². The molecule has 22 rings (SSSR count). The number of aromatic nitrogens is 6. The van der Waals surface area contributed by atoms with Crippen molar-refractivity contribution in [3.8, 4) is 67.8 Å². The topological polar surface area (TPSA) is 87.7 Å². The predicted molar refractivity (Wildman–Crippen MR) is 413 cm³/mol. The molecule has 0 fully saturated rings. The van der Waals surface area contributed by atoms with Gasteiger partial charge in [0.05, 0.1) is 33.1 Å². The molecular formula is C92H52N6O2. The van der Waals surface area contributed by atoms with Crippen molar-refractivity contribution in [2.75, 3.05) is 0 Å².